The SMILES string of the molecule is CCCC1(C(=O)O)CCN(C(=O)CCC(C)NC(=O)OCC2c3ccccc3-c3ccccc32)C1. The van der Waals surface area contributed by atoms with Gasteiger partial charge in [0, 0.05) is 31.5 Å². The maximum Gasteiger partial charge on any atom is 0.407 e. The van der Waals surface area contributed by atoms with E-state index in [2.05, 4.69) is 29.6 Å². The minimum atomic E-state index is -0.824. The summed E-state index contributed by atoms with van der Waals surface area (Å²) in [5.74, 6) is -0.886. The summed E-state index contributed by atoms with van der Waals surface area (Å²) in [5.41, 5.74) is 3.85. The molecule has 0 aromatic heterocycles. The van der Waals surface area contributed by atoms with Crippen LogP contribution in [0.25, 0.3) is 11.1 Å². The average Bonchev–Trinajstić information content (AvgIpc) is 3.42. The molecule has 0 bridgehead atoms. The molecule has 0 spiro atoms. The third-order valence-electron chi connectivity index (χ3n) is 7.39. The maximum absolute atomic E-state index is 12.7. The van der Waals surface area contributed by atoms with Gasteiger partial charge in [-0.15, -0.1) is 0 Å². The number of fused-ring (bicyclic) bond motifs is 3. The van der Waals surface area contributed by atoms with Crippen LogP contribution in [0.4, 0.5) is 4.79 Å². The Bertz CT molecular complexity index is 1050. The topological polar surface area (TPSA) is 95.9 Å². The number of hydrogen-bond acceptors (Lipinski definition) is 4. The minimum Gasteiger partial charge on any atom is -0.481 e. The number of nitrogens with zero attached hydrogens (tertiary/aromatic N) is 1. The molecule has 2 unspecified atom stereocenters. The van der Waals surface area contributed by atoms with Crippen LogP contribution in [0.3, 0.4) is 0 Å². The highest BCUT2D eigenvalue weighted by Crippen LogP contribution is 2.44. The number of carbonyl (C=O) groups excluding carboxylic acids is 2. The van der Waals surface area contributed by atoms with Gasteiger partial charge >= 0.3 is 12.1 Å². The Morgan fingerprint density at radius 3 is 2.34 bits per heavy atom. The van der Waals surface area contributed by atoms with Gasteiger partial charge in [0.25, 0.3) is 0 Å². The molecule has 2 aromatic rings. The van der Waals surface area contributed by atoms with Crippen LogP contribution >= 0.6 is 0 Å². The van der Waals surface area contributed by atoms with Crippen molar-refractivity contribution in [2.24, 2.45) is 5.41 Å². The van der Waals surface area contributed by atoms with E-state index in [0.717, 1.165) is 17.5 Å². The van der Waals surface area contributed by atoms with Crippen molar-refractivity contribution in [3.05, 3.63) is 59.7 Å². The molecule has 2 aromatic carbocycles. The van der Waals surface area contributed by atoms with Gasteiger partial charge < -0.3 is 20.1 Å². The molecular formula is C28H34N2O5. The molecular weight excluding hydrogens is 444 g/mol. The fraction of sp³-hybridized carbons (Fsp3) is 0.464. The van der Waals surface area contributed by atoms with Gasteiger partial charge in [-0.05, 0) is 48.4 Å². The zero-order valence-corrected chi connectivity index (χ0v) is 20.5. The Morgan fingerprint density at radius 2 is 1.74 bits per heavy atom. The highest BCUT2D eigenvalue weighted by atomic mass is 16.5. The average molecular weight is 479 g/mol. The summed E-state index contributed by atoms with van der Waals surface area (Å²) < 4.78 is 5.59. The van der Waals surface area contributed by atoms with E-state index < -0.39 is 17.5 Å². The Balaban J connectivity index is 1.25. The summed E-state index contributed by atoms with van der Waals surface area (Å²) in [7, 11) is 0. The van der Waals surface area contributed by atoms with Gasteiger partial charge in [0.15, 0.2) is 0 Å². The molecule has 1 heterocycles. The number of likely N-dealkylation sites (tertiary alicyclic amines) is 1. The van der Waals surface area contributed by atoms with E-state index in [1.165, 1.54) is 11.1 Å². The first-order valence-corrected chi connectivity index (χ1v) is 12.5. The predicted molar refractivity (Wildman–Crippen MR) is 133 cm³/mol. The molecule has 0 radical (unpaired) electrons. The number of aliphatic carboxylic acids is 1. The quantitative estimate of drug-likeness (QED) is 0.540. The summed E-state index contributed by atoms with van der Waals surface area (Å²) in [5, 5.41) is 12.5. The molecule has 7 nitrogen and oxygen atoms in total. The summed E-state index contributed by atoms with van der Waals surface area (Å²) in [6.07, 6.45) is 2.07. The number of carbonyl (C=O) groups is 3. The lowest BCUT2D eigenvalue weighted by Crippen LogP contribution is -2.38. The Hall–Kier alpha value is -3.35. The molecule has 1 saturated heterocycles. The first kappa shape index (κ1) is 24.8. The van der Waals surface area contributed by atoms with Crippen LogP contribution in [0.2, 0.25) is 0 Å². The summed E-state index contributed by atoms with van der Waals surface area (Å²) in [4.78, 5) is 38.6. The second kappa shape index (κ2) is 10.5. The van der Waals surface area contributed by atoms with Crippen LogP contribution in [0.5, 0.6) is 0 Å². The number of ether oxygens (including phenoxy) is 1. The van der Waals surface area contributed by atoms with Gasteiger partial charge in [-0.2, -0.15) is 0 Å². The molecule has 1 fully saturated rings. The van der Waals surface area contributed by atoms with Crippen molar-refractivity contribution in [3.63, 3.8) is 0 Å². The third kappa shape index (κ3) is 5.19. The van der Waals surface area contributed by atoms with Gasteiger partial charge in [-0.25, -0.2) is 4.79 Å². The van der Waals surface area contributed by atoms with Crippen LogP contribution in [-0.4, -0.2) is 53.7 Å². The van der Waals surface area contributed by atoms with E-state index in [1.54, 1.807) is 4.90 Å². The highest BCUT2D eigenvalue weighted by Gasteiger charge is 2.45. The number of carboxylic acids is 1. The lowest BCUT2D eigenvalue weighted by molar-refractivity contribution is -0.149. The molecule has 2 atom stereocenters. The molecule has 35 heavy (non-hydrogen) atoms. The minimum absolute atomic E-state index is 0.00202. The maximum atomic E-state index is 12.7. The van der Waals surface area contributed by atoms with Gasteiger partial charge in [0.2, 0.25) is 5.91 Å². The smallest absolute Gasteiger partial charge is 0.407 e. The van der Waals surface area contributed by atoms with Gasteiger partial charge in [-0.3, -0.25) is 9.59 Å². The van der Waals surface area contributed by atoms with Crippen molar-refractivity contribution in [1.82, 2.24) is 10.2 Å². The Labute approximate surface area is 206 Å². The van der Waals surface area contributed by atoms with Gasteiger partial charge in [0.1, 0.15) is 6.61 Å². The lowest BCUT2D eigenvalue weighted by atomic mass is 9.83. The molecule has 1 aliphatic heterocycles. The van der Waals surface area contributed by atoms with Crippen LogP contribution in [0.15, 0.2) is 48.5 Å². The fourth-order valence-corrected chi connectivity index (χ4v) is 5.46. The summed E-state index contributed by atoms with van der Waals surface area (Å²) >= 11 is 0. The predicted octanol–water partition coefficient (Wildman–Crippen LogP) is 4.80. The van der Waals surface area contributed by atoms with Crippen molar-refractivity contribution in [1.29, 1.82) is 0 Å². The van der Waals surface area contributed by atoms with Gasteiger partial charge in [0.05, 0.1) is 5.41 Å². The molecule has 7 heteroatoms. The second-order valence-corrected chi connectivity index (χ2v) is 9.81. The number of carboxylic acid groups (broad SMARTS) is 1. The molecule has 2 N–H and O–H groups in total. The highest BCUT2D eigenvalue weighted by molar-refractivity contribution is 5.81. The summed E-state index contributed by atoms with van der Waals surface area (Å²) in [6.45, 7) is 4.79. The third-order valence-corrected chi connectivity index (χ3v) is 7.39. The van der Waals surface area contributed by atoms with Crippen molar-refractivity contribution in [2.75, 3.05) is 19.7 Å². The first-order valence-electron chi connectivity index (χ1n) is 12.5. The Kier molecular flexibility index (Phi) is 7.43. The number of alkyl carbamates (subject to hydrolysis) is 1. The number of benzene rings is 2. The van der Waals surface area contributed by atoms with Crippen molar-refractivity contribution in [2.45, 2.75) is 57.9 Å². The van der Waals surface area contributed by atoms with E-state index in [-0.39, 0.29) is 37.4 Å². The molecule has 2 aliphatic rings. The zero-order chi connectivity index (χ0) is 25.0. The van der Waals surface area contributed by atoms with Crippen LogP contribution in [0, 0.1) is 5.41 Å². The standard InChI is InChI=1S/C28H34N2O5/c1-3-14-28(26(32)33)15-16-30(18-28)25(31)13-12-19(2)29-27(34)35-17-24-22-10-6-4-8-20(22)21-9-5-7-11-23(21)24/h4-11,19,24H,3,12-18H2,1-2H3,(H,29,34)(H,32,33). The summed E-state index contributed by atoms with van der Waals surface area (Å²) in [6, 6.07) is 16.1. The normalized spacial score (nSPS) is 19.7. The molecule has 4 rings (SSSR count). The lowest BCUT2D eigenvalue weighted by Gasteiger charge is -2.24. The fourth-order valence-electron chi connectivity index (χ4n) is 5.46. The first-order chi connectivity index (χ1) is 16.8. The molecule has 0 saturated carbocycles. The van der Waals surface area contributed by atoms with E-state index in [9.17, 15) is 19.5 Å². The zero-order valence-electron chi connectivity index (χ0n) is 20.5. The van der Waals surface area contributed by atoms with Crippen LogP contribution in [-0.2, 0) is 14.3 Å². The van der Waals surface area contributed by atoms with Gasteiger partial charge in [-0.1, -0.05) is 61.9 Å². The Morgan fingerprint density at radius 1 is 1.11 bits per heavy atom. The largest absolute Gasteiger partial charge is 0.481 e. The number of hydrogen-bond donors (Lipinski definition) is 2. The number of rotatable bonds is 9. The van der Waals surface area contributed by atoms with Crippen molar-refractivity contribution in [3.8, 4) is 11.1 Å². The van der Waals surface area contributed by atoms with Crippen LogP contribution in [0.1, 0.15) is 63.0 Å². The van der Waals surface area contributed by atoms with E-state index in [4.69, 9.17) is 4.74 Å². The molecule has 1 aliphatic carbocycles. The van der Waals surface area contributed by atoms with Crippen molar-refractivity contribution < 1.29 is 24.2 Å². The van der Waals surface area contributed by atoms with E-state index in [0.29, 0.717) is 25.8 Å². The molecule has 186 valence electrons. The second-order valence-electron chi connectivity index (χ2n) is 9.81. The molecule has 2 amide bonds. The van der Waals surface area contributed by atoms with Crippen LogP contribution < -0.4 is 5.32 Å². The number of nitrogens with one attached hydrogen (secondary N) is 1. The van der Waals surface area contributed by atoms with E-state index in [1.807, 2.05) is 38.1 Å². The van der Waals surface area contributed by atoms with E-state index >= 15 is 0 Å². The number of amides is 2. The monoisotopic (exact) mass is 478 g/mol. The van der Waals surface area contributed by atoms with Crippen molar-refractivity contribution >= 4 is 18.0 Å².